The minimum atomic E-state index is -0.165. The Bertz CT molecular complexity index is 695. The van der Waals surface area contributed by atoms with E-state index in [1.54, 1.807) is 6.20 Å². The lowest BCUT2D eigenvalue weighted by Crippen LogP contribution is -2.51. The average Bonchev–Trinajstić information content (AvgIpc) is 3.10. The maximum absolute atomic E-state index is 12.1. The highest BCUT2D eigenvalue weighted by molar-refractivity contribution is 5.78. The molecular formula is C20H29N5O. The molecular weight excluding hydrogens is 326 g/mol. The Morgan fingerprint density at radius 1 is 1.08 bits per heavy atom. The first-order chi connectivity index (χ1) is 12.4. The van der Waals surface area contributed by atoms with Crippen molar-refractivity contribution in [2.24, 2.45) is 0 Å². The lowest BCUT2D eigenvalue weighted by atomic mass is 10.1. The Morgan fingerprint density at radius 3 is 2.31 bits per heavy atom. The van der Waals surface area contributed by atoms with Crippen LogP contribution in [-0.4, -0.2) is 63.5 Å². The molecule has 2 aromatic rings. The van der Waals surface area contributed by atoms with Crippen molar-refractivity contribution in [1.29, 1.82) is 0 Å². The molecule has 1 aromatic carbocycles. The molecule has 1 N–H and O–H groups in total. The molecule has 6 heteroatoms. The average molecular weight is 355 g/mol. The van der Waals surface area contributed by atoms with Gasteiger partial charge in [0, 0.05) is 56.3 Å². The Balaban J connectivity index is 1.44. The van der Waals surface area contributed by atoms with Crippen molar-refractivity contribution in [3.8, 4) is 5.69 Å². The minimum Gasteiger partial charge on any atom is -0.350 e. The van der Waals surface area contributed by atoms with Gasteiger partial charge in [0.25, 0.3) is 0 Å². The van der Waals surface area contributed by atoms with Gasteiger partial charge in [-0.25, -0.2) is 4.98 Å². The molecule has 0 radical (unpaired) electrons. The monoisotopic (exact) mass is 355 g/mol. The first-order valence-electron chi connectivity index (χ1n) is 9.22. The smallest absolute Gasteiger partial charge is 0.234 e. The van der Waals surface area contributed by atoms with Crippen LogP contribution in [0.2, 0.25) is 0 Å². The minimum absolute atomic E-state index is 0.112. The summed E-state index contributed by atoms with van der Waals surface area (Å²) >= 11 is 0. The highest BCUT2D eigenvalue weighted by Crippen LogP contribution is 2.13. The molecule has 1 aromatic heterocycles. The number of piperazine rings is 1. The summed E-state index contributed by atoms with van der Waals surface area (Å²) in [6.07, 6.45) is 5.54. The van der Waals surface area contributed by atoms with E-state index in [0.717, 1.165) is 38.4 Å². The van der Waals surface area contributed by atoms with Gasteiger partial charge in [0.05, 0.1) is 12.9 Å². The zero-order valence-corrected chi connectivity index (χ0v) is 16.0. The van der Waals surface area contributed by atoms with E-state index in [0.29, 0.717) is 6.54 Å². The molecule has 1 aliphatic heterocycles. The third-order valence-electron chi connectivity index (χ3n) is 4.49. The zero-order chi connectivity index (χ0) is 18.6. The maximum Gasteiger partial charge on any atom is 0.234 e. The number of carbonyl (C=O) groups excluding carboxylic acids is 1. The van der Waals surface area contributed by atoms with Gasteiger partial charge in [0.2, 0.25) is 5.91 Å². The summed E-state index contributed by atoms with van der Waals surface area (Å²) < 4.78 is 2.01. The predicted molar refractivity (Wildman–Crippen MR) is 103 cm³/mol. The third-order valence-corrected chi connectivity index (χ3v) is 4.49. The third kappa shape index (κ3) is 5.41. The molecule has 3 rings (SSSR count). The lowest BCUT2D eigenvalue weighted by molar-refractivity contribution is -0.124. The topological polar surface area (TPSA) is 53.4 Å². The molecule has 1 aliphatic rings. The normalized spacial score (nSPS) is 16.6. The van der Waals surface area contributed by atoms with Crippen LogP contribution in [0.3, 0.4) is 0 Å². The summed E-state index contributed by atoms with van der Waals surface area (Å²) in [6.45, 7) is 11.3. The molecule has 0 spiro atoms. The van der Waals surface area contributed by atoms with Gasteiger partial charge >= 0.3 is 0 Å². The van der Waals surface area contributed by atoms with Crippen LogP contribution in [0.25, 0.3) is 5.69 Å². The van der Waals surface area contributed by atoms with Gasteiger partial charge in [-0.3, -0.25) is 14.6 Å². The van der Waals surface area contributed by atoms with E-state index in [9.17, 15) is 4.79 Å². The van der Waals surface area contributed by atoms with Crippen molar-refractivity contribution in [1.82, 2.24) is 24.7 Å². The molecule has 140 valence electrons. The van der Waals surface area contributed by atoms with Gasteiger partial charge in [-0.2, -0.15) is 0 Å². The Kier molecular flexibility index (Phi) is 5.74. The number of imidazole rings is 1. The van der Waals surface area contributed by atoms with Crippen molar-refractivity contribution >= 4 is 5.91 Å². The van der Waals surface area contributed by atoms with E-state index in [1.165, 1.54) is 5.56 Å². The summed E-state index contributed by atoms with van der Waals surface area (Å²) in [5.74, 6) is 0.112. The number of nitrogens with zero attached hydrogens (tertiary/aromatic N) is 4. The van der Waals surface area contributed by atoms with Crippen LogP contribution in [0.4, 0.5) is 0 Å². The Labute approximate surface area is 155 Å². The second kappa shape index (κ2) is 8.01. The van der Waals surface area contributed by atoms with Gasteiger partial charge in [-0.05, 0) is 38.5 Å². The van der Waals surface area contributed by atoms with Crippen molar-refractivity contribution in [2.45, 2.75) is 32.9 Å². The fourth-order valence-electron chi connectivity index (χ4n) is 3.21. The van der Waals surface area contributed by atoms with Gasteiger partial charge in [0.15, 0.2) is 0 Å². The molecule has 0 atom stereocenters. The second-order valence-electron chi connectivity index (χ2n) is 7.99. The van der Waals surface area contributed by atoms with E-state index in [-0.39, 0.29) is 11.4 Å². The van der Waals surface area contributed by atoms with Crippen molar-refractivity contribution in [2.75, 3.05) is 32.7 Å². The molecule has 2 heterocycles. The standard InChI is InChI=1S/C20H29N5O/c1-20(2,3)22-19(26)15-24-12-10-23(11-13-24)14-17-4-6-18(7-5-17)25-9-8-21-16-25/h4-9,16H,10-15H2,1-3H3,(H,22,26). The van der Waals surface area contributed by atoms with Crippen LogP contribution in [0.1, 0.15) is 26.3 Å². The highest BCUT2D eigenvalue weighted by atomic mass is 16.2. The number of hydrogen-bond acceptors (Lipinski definition) is 4. The number of amides is 1. The van der Waals surface area contributed by atoms with Crippen LogP contribution >= 0.6 is 0 Å². The van der Waals surface area contributed by atoms with Gasteiger partial charge < -0.3 is 9.88 Å². The van der Waals surface area contributed by atoms with Crippen molar-refractivity contribution in [3.05, 3.63) is 48.5 Å². The van der Waals surface area contributed by atoms with Gasteiger partial charge in [-0.1, -0.05) is 12.1 Å². The number of benzene rings is 1. The molecule has 1 fully saturated rings. The molecule has 1 saturated heterocycles. The fourth-order valence-corrected chi connectivity index (χ4v) is 3.21. The molecule has 1 amide bonds. The number of rotatable bonds is 5. The summed E-state index contributed by atoms with van der Waals surface area (Å²) in [4.78, 5) is 20.8. The number of carbonyl (C=O) groups is 1. The van der Waals surface area contributed by atoms with Crippen molar-refractivity contribution < 1.29 is 4.79 Å². The second-order valence-corrected chi connectivity index (χ2v) is 7.99. The summed E-state index contributed by atoms with van der Waals surface area (Å²) in [6, 6.07) is 8.62. The van der Waals surface area contributed by atoms with Crippen LogP contribution < -0.4 is 5.32 Å². The number of aromatic nitrogens is 2. The molecule has 0 bridgehead atoms. The molecule has 26 heavy (non-hydrogen) atoms. The SMILES string of the molecule is CC(C)(C)NC(=O)CN1CCN(Cc2ccc(-n3ccnc3)cc2)CC1. The van der Waals surface area contributed by atoms with Crippen LogP contribution in [-0.2, 0) is 11.3 Å². The van der Waals surface area contributed by atoms with E-state index in [2.05, 4.69) is 44.4 Å². The fraction of sp³-hybridized carbons (Fsp3) is 0.500. The van der Waals surface area contributed by atoms with Gasteiger partial charge in [-0.15, -0.1) is 0 Å². The van der Waals surface area contributed by atoms with Crippen LogP contribution in [0, 0.1) is 0 Å². The lowest BCUT2D eigenvalue weighted by Gasteiger charge is -2.35. The largest absolute Gasteiger partial charge is 0.350 e. The number of hydrogen-bond donors (Lipinski definition) is 1. The quantitative estimate of drug-likeness (QED) is 0.890. The molecule has 0 unspecified atom stereocenters. The zero-order valence-electron chi connectivity index (χ0n) is 16.0. The molecule has 6 nitrogen and oxygen atoms in total. The van der Waals surface area contributed by atoms with Gasteiger partial charge in [0.1, 0.15) is 0 Å². The summed E-state index contributed by atoms with van der Waals surface area (Å²) in [7, 11) is 0. The molecule has 0 saturated carbocycles. The highest BCUT2D eigenvalue weighted by Gasteiger charge is 2.21. The first-order valence-corrected chi connectivity index (χ1v) is 9.22. The predicted octanol–water partition coefficient (Wildman–Crippen LogP) is 1.90. The van der Waals surface area contributed by atoms with E-state index in [1.807, 2.05) is 37.9 Å². The summed E-state index contributed by atoms with van der Waals surface area (Å²) in [5, 5.41) is 3.03. The first kappa shape index (κ1) is 18.6. The van der Waals surface area contributed by atoms with E-state index < -0.39 is 0 Å². The maximum atomic E-state index is 12.1. The Morgan fingerprint density at radius 2 is 1.73 bits per heavy atom. The van der Waals surface area contributed by atoms with E-state index in [4.69, 9.17) is 0 Å². The Hall–Kier alpha value is -2.18. The molecule has 0 aliphatic carbocycles. The van der Waals surface area contributed by atoms with Crippen LogP contribution in [0.5, 0.6) is 0 Å². The summed E-state index contributed by atoms with van der Waals surface area (Å²) in [5.41, 5.74) is 2.27. The number of nitrogens with one attached hydrogen (secondary N) is 1. The van der Waals surface area contributed by atoms with Crippen LogP contribution in [0.15, 0.2) is 43.0 Å². The van der Waals surface area contributed by atoms with E-state index >= 15 is 0 Å². The van der Waals surface area contributed by atoms with Crippen molar-refractivity contribution in [3.63, 3.8) is 0 Å².